The van der Waals surface area contributed by atoms with E-state index in [0.29, 0.717) is 6.42 Å². The van der Waals surface area contributed by atoms with Crippen LogP contribution in [0.3, 0.4) is 0 Å². The average Bonchev–Trinajstić information content (AvgIpc) is 2.62. The highest BCUT2D eigenvalue weighted by molar-refractivity contribution is 5.86. The van der Waals surface area contributed by atoms with Gasteiger partial charge in [-0.3, -0.25) is 0 Å². The van der Waals surface area contributed by atoms with Gasteiger partial charge in [0, 0.05) is 0 Å². The van der Waals surface area contributed by atoms with Crippen LogP contribution in [0.1, 0.15) is 30.5 Å². The molecule has 118 valence electrons. The number of aliphatic hydroxyl groups is 1. The van der Waals surface area contributed by atoms with Crippen molar-refractivity contribution in [1.29, 1.82) is 0 Å². The van der Waals surface area contributed by atoms with Crippen molar-refractivity contribution in [2.45, 2.75) is 25.0 Å². The van der Waals surface area contributed by atoms with Gasteiger partial charge in [-0.15, -0.1) is 0 Å². The Bertz CT molecular complexity index is 779. The van der Waals surface area contributed by atoms with Gasteiger partial charge >= 0.3 is 0 Å². The summed E-state index contributed by atoms with van der Waals surface area (Å²) in [6.45, 7) is 2.04. The normalized spacial score (nSPS) is 15.3. The molecule has 0 aliphatic heterocycles. The van der Waals surface area contributed by atoms with Crippen LogP contribution < -0.4 is 5.32 Å². The van der Waals surface area contributed by atoms with E-state index in [4.69, 9.17) is 0 Å². The quantitative estimate of drug-likeness (QED) is 0.732. The molecule has 0 aromatic heterocycles. The molecule has 3 rings (SSSR count). The van der Waals surface area contributed by atoms with Crippen LogP contribution in [0.5, 0.6) is 0 Å². The molecule has 0 aliphatic rings. The van der Waals surface area contributed by atoms with E-state index >= 15 is 0 Å². The zero-order chi connectivity index (χ0) is 16.3. The highest BCUT2D eigenvalue weighted by Gasteiger charge is 2.38. The van der Waals surface area contributed by atoms with Crippen molar-refractivity contribution in [1.82, 2.24) is 5.32 Å². The Morgan fingerprint density at radius 3 is 2.26 bits per heavy atom. The maximum atomic E-state index is 11.6. The van der Waals surface area contributed by atoms with E-state index in [9.17, 15) is 5.11 Å². The summed E-state index contributed by atoms with van der Waals surface area (Å²) in [4.78, 5) is 0. The Morgan fingerprint density at radius 2 is 1.57 bits per heavy atom. The molecule has 2 heteroatoms. The molecule has 0 saturated heterocycles. The van der Waals surface area contributed by atoms with E-state index < -0.39 is 5.60 Å². The summed E-state index contributed by atoms with van der Waals surface area (Å²) in [5, 5.41) is 17.2. The third kappa shape index (κ3) is 2.76. The van der Waals surface area contributed by atoms with Gasteiger partial charge < -0.3 is 10.4 Å². The summed E-state index contributed by atoms with van der Waals surface area (Å²) < 4.78 is 0. The van der Waals surface area contributed by atoms with Gasteiger partial charge in [0.2, 0.25) is 0 Å². The zero-order valence-electron chi connectivity index (χ0n) is 13.7. The Balaban J connectivity index is 2.19. The highest BCUT2D eigenvalue weighted by Crippen LogP contribution is 2.40. The van der Waals surface area contributed by atoms with Crippen molar-refractivity contribution in [3.8, 4) is 0 Å². The summed E-state index contributed by atoms with van der Waals surface area (Å²) in [6, 6.07) is 24.4. The van der Waals surface area contributed by atoms with Crippen LogP contribution in [0.4, 0.5) is 0 Å². The Hall–Kier alpha value is -2.16. The Labute approximate surface area is 137 Å². The number of nitrogens with one attached hydrogen (secondary N) is 1. The summed E-state index contributed by atoms with van der Waals surface area (Å²) in [7, 11) is 1.91. The van der Waals surface area contributed by atoms with Crippen LogP contribution in [0.15, 0.2) is 72.8 Å². The number of hydrogen-bond acceptors (Lipinski definition) is 2. The van der Waals surface area contributed by atoms with Crippen LogP contribution in [0.2, 0.25) is 0 Å². The minimum absolute atomic E-state index is 0.167. The third-order valence-electron chi connectivity index (χ3n) is 4.69. The minimum Gasteiger partial charge on any atom is -0.383 e. The van der Waals surface area contributed by atoms with E-state index in [2.05, 4.69) is 35.6 Å². The lowest BCUT2D eigenvalue weighted by molar-refractivity contribution is -0.00473. The van der Waals surface area contributed by atoms with Crippen LogP contribution in [-0.2, 0) is 5.60 Å². The Morgan fingerprint density at radius 1 is 0.913 bits per heavy atom. The molecule has 3 aromatic rings. The lowest BCUT2D eigenvalue weighted by atomic mass is 9.78. The molecule has 0 spiro atoms. The fourth-order valence-electron chi connectivity index (χ4n) is 3.48. The first-order valence-corrected chi connectivity index (χ1v) is 8.13. The molecule has 0 radical (unpaired) electrons. The smallest absolute Gasteiger partial charge is 0.109 e. The van der Waals surface area contributed by atoms with Crippen LogP contribution in [0, 0.1) is 0 Å². The number of hydrogen-bond donors (Lipinski definition) is 2. The molecule has 0 heterocycles. The second kappa shape index (κ2) is 6.53. The third-order valence-corrected chi connectivity index (χ3v) is 4.69. The molecule has 0 amide bonds. The largest absolute Gasteiger partial charge is 0.383 e. The van der Waals surface area contributed by atoms with Gasteiger partial charge in [0.25, 0.3) is 0 Å². The molecule has 0 bridgehead atoms. The fraction of sp³-hybridized carbons (Fsp3) is 0.238. The van der Waals surface area contributed by atoms with Gasteiger partial charge in [0.15, 0.2) is 0 Å². The predicted molar refractivity (Wildman–Crippen MR) is 96.4 cm³/mol. The topological polar surface area (TPSA) is 32.3 Å². The van der Waals surface area contributed by atoms with Gasteiger partial charge in [0.1, 0.15) is 5.60 Å². The van der Waals surface area contributed by atoms with Crippen molar-refractivity contribution >= 4 is 10.8 Å². The molecule has 0 saturated carbocycles. The van der Waals surface area contributed by atoms with Crippen molar-refractivity contribution in [2.24, 2.45) is 0 Å². The molecule has 2 unspecified atom stereocenters. The maximum absolute atomic E-state index is 11.6. The van der Waals surface area contributed by atoms with E-state index in [-0.39, 0.29) is 6.04 Å². The van der Waals surface area contributed by atoms with E-state index in [0.717, 1.165) is 21.9 Å². The molecule has 2 N–H and O–H groups in total. The van der Waals surface area contributed by atoms with Crippen molar-refractivity contribution in [2.75, 3.05) is 7.05 Å². The number of fused-ring (bicyclic) bond motifs is 1. The molecular formula is C21H23NO. The average molecular weight is 305 g/mol. The monoisotopic (exact) mass is 305 g/mol. The summed E-state index contributed by atoms with van der Waals surface area (Å²) in [5.41, 5.74) is 1.09. The summed E-state index contributed by atoms with van der Waals surface area (Å²) in [5.74, 6) is 0. The van der Waals surface area contributed by atoms with Gasteiger partial charge in [-0.25, -0.2) is 0 Å². The first-order valence-electron chi connectivity index (χ1n) is 8.13. The lowest BCUT2D eigenvalue weighted by Crippen LogP contribution is -2.40. The van der Waals surface area contributed by atoms with Gasteiger partial charge in [-0.1, -0.05) is 79.7 Å². The molecular weight excluding hydrogens is 282 g/mol. The number of rotatable bonds is 5. The van der Waals surface area contributed by atoms with Crippen molar-refractivity contribution in [3.63, 3.8) is 0 Å². The van der Waals surface area contributed by atoms with E-state index in [1.165, 1.54) is 0 Å². The van der Waals surface area contributed by atoms with Crippen molar-refractivity contribution < 1.29 is 5.11 Å². The maximum Gasteiger partial charge on any atom is 0.109 e. The molecule has 23 heavy (non-hydrogen) atoms. The first kappa shape index (κ1) is 15.7. The predicted octanol–water partition coefficient (Wildman–Crippen LogP) is 4.40. The minimum atomic E-state index is -0.975. The summed E-state index contributed by atoms with van der Waals surface area (Å²) >= 11 is 0. The van der Waals surface area contributed by atoms with Gasteiger partial charge in [-0.05, 0) is 35.4 Å². The van der Waals surface area contributed by atoms with E-state index in [1.54, 1.807) is 0 Å². The SMILES string of the molecule is CCC(O)(c1cccc2ccccc12)C(NC)c1ccccc1. The van der Waals surface area contributed by atoms with Gasteiger partial charge in [0.05, 0.1) is 6.04 Å². The number of benzene rings is 3. The fourth-order valence-corrected chi connectivity index (χ4v) is 3.48. The van der Waals surface area contributed by atoms with Gasteiger partial charge in [-0.2, -0.15) is 0 Å². The lowest BCUT2D eigenvalue weighted by Gasteiger charge is -2.37. The molecule has 3 aromatic carbocycles. The van der Waals surface area contributed by atoms with Crippen LogP contribution in [0.25, 0.3) is 10.8 Å². The van der Waals surface area contributed by atoms with Crippen molar-refractivity contribution in [3.05, 3.63) is 83.9 Å². The van der Waals surface area contributed by atoms with Crippen LogP contribution in [-0.4, -0.2) is 12.2 Å². The standard InChI is InChI=1S/C21H23NO/c1-3-21(23,20(22-2)17-11-5-4-6-12-17)19-15-9-13-16-10-7-8-14-18(16)19/h4-15,20,22-23H,3H2,1-2H3. The molecule has 2 nitrogen and oxygen atoms in total. The Kier molecular flexibility index (Phi) is 4.46. The molecule has 2 atom stereocenters. The number of likely N-dealkylation sites (N-methyl/N-ethyl adjacent to an activating group) is 1. The van der Waals surface area contributed by atoms with E-state index in [1.807, 2.05) is 56.4 Å². The first-order chi connectivity index (χ1) is 11.2. The zero-order valence-corrected chi connectivity index (χ0v) is 13.7. The highest BCUT2D eigenvalue weighted by atomic mass is 16.3. The molecule has 0 fully saturated rings. The second-order valence-electron chi connectivity index (χ2n) is 5.94. The molecule has 0 aliphatic carbocycles. The van der Waals surface area contributed by atoms with Crippen LogP contribution >= 0.6 is 0 Å². The second-order valence-corrected chi connectivity index (χ2v) is 5.94. The summed E-state index contributed by atoms with van der Waals surface area (Å²) in [6.07, 6.45) is 0.626.